The molecule has 35 heavy (non-hydrogen) atoms. The molecule has 8 nitrogen and oxygen atoms in total. The molecule has 10 heteroatoms. The zero-order valence-corrected chi connectivity index (χ0v) is 21.4. The molecule has 0 saturated heterocycles. The minimum atomic E-state index is -1.97. The van der Waals surface area contributed by atoms with Gasteiger partial charge in [0, 0.05) is 30.3 Å². The second kappa shape index (κ2) is 11.6. The summed E-state index contributed by atoms with van der Waals surface area (Å²) in [5, 5.41) is 3.00. The van der Waals surface area contributed by atoms with E-state index in [4.69, 9.17) is 21.1 Å². The van der Waals surface area contributed by atoms with E-state index in [2.05, 4.69) is 32.2 Å². The van der Waals surface area contributed by atoms with Gasteiger partial charge in [-0.15, -0.1) is 0 Å². The molecular formula is C25H31ClFN5O3. The molecule has 0 unspecified atom stereocenters. The summed E-state index contributed by atoms with van der Waals surface area (Å²) in [6.45, 7) is 6.70. The van der Waals surface area contributed by atoms with E-state index >= 15 is 0 Å². The lowest BCUT2D eigenvalue weighted by Crippen LogP contribution is -2.38. The Kier molecular flexibility index (Phi) is 8.77. The van der Waals surface area contributed by atoms with E-state index in [0.29, 0.717) is 46.5 Å². The zero-order chi connectivity index (χ0) is 25.6. The molecule has 1 aliphatic rings. The molecule has 188 valence electrons. The maximum absolute atomic E-state index is 13.8. The first-order valence-corrected chi connectivity index (χ1v) is 12.0. The molecule has 1 N–H and O–H groups in total. The number of alkyl halides is 1. The normalized spacial score (nSPS) is 14.6. The maximum Gasteiger partial charge on any atom is 0.320 e. The largest absolute Gasteiger partial charge is 0.478 e. The molecule has 3 rings (SSSR count). The number of nitrogens with zero attached hydrogens (tertiary/aromatic N) is 4. The SMILES string of the molecule is CCC[C@@H](C)OC1=NC=C(c2nc(OC)nc(-c3cc(CNC(=O)C(C)(C)F)ccc3Cl)n2)CC1. The van der Waals surface area contributed by atoms with Crippen LogP contribution in [0.4, 0.5) is 4.39 Å². The first-order valence-electron chi connectivity index (χ1n) is 11.6. The number of amides is 1. The first kappa shape index (κ1) is 26.5. The highest BCUT2D eigenvalue weighted by Gasteiger charge is 2.26. The second-order valence-electron chi connectivity index (χ2n) is 8.83. The summed E-state index contributed by atoms with van der Waals surface area (Å²) in [4.78, 5) is 29.7. The predicted octanol–water partition coefficient (Wildman–Crippen LogP) is 5.30. The van der Waals surface area contributed by atoms with Crippen LogP contribution < -0.4 is 10.1 Å². The minimum absolute atomic E-state index is 0.118. The van der Waals surface area contributed by atoms with Crippen LogP contribution in [0.5, 0.6) is 6.01 Å². The number of methoxy groups -OCH3 is 1. The van der Waals surface area contributed by atoms with Crippen molar-refractivity contribution in [1.29, 1.82) is 0 Å². The van der Waals surface area contributed by atoms with E-state index in [1.807, 2.05) is 6.92 Å². The van der Waals surface area contributed by atoms with Gasteiger partial charge in [-0.25, -0.2) is 14.4 Å². The quantitative estimate of drug-likeness (QED) is 0.498. The van der Waals surface area contributed by atoms with Crippen LogP contribution in [-0.4, -0.2) is 45.6 Å². The number of carbonyl (C=O) groups excluding carboxylic acids is 1. The van der Waals surface area contributed by atoms with Gasteiger partial charge in [0.25, 0.3) is 5.91 Å². The Labute approximate surface area is 210 Å². The van der Waals surface area contributed by atoms with Crippen LogP contribution >= 0.6 is 11.6 Å². The molecule has 0 fully saturated rings. The minimum Gasteiger partial charge on any atom is -0.478 e. The maximum atomic E-state index is 13.8. The molecule has 0 saturated carbocycles. The summed E-state index contributed by atoms with van der Waals surface area (Å²) >= 11 is 6.45. The molecular weight excluding hydrogens is 473 g/mol. The van der Waals surface area contributed by atoms with Gasteiger partial charge >= 0.3 is 6.01 Å². The van der Waals surface area contributed by atoms with E-state index in [1.54, 1.807) is 24.4 Å². The monoisotopic (exact) mass is 503 g/mol. The van der Waals surface area contributed by atoms with Gasteiger partial charge in [-0.3, -0.25) is 4.79 Å². The van der Waals surface area contributed by atoms with E-state index in [9.17, 15) is 9.18 Å². The van der Waals surface area contributed by atoms with Gasteiger partial charge in [-0.2, -0.15) is 9.97 Å². The Balaban J connectivity index is 1.87. The summed E-state index contributed by atoms with van der Waals surface area (Å²) in [6.07, 6.45) is 5.15. The lowest BCUT2D eigenvalue weighted by molar-refractivity contribution is -0.130. The summed E-state index contributed by atoms with van der Waals surface area (Å²) in [6, 6.07) is 5.32. The summed E-state index contributed by atoms with van der Waals surface area (Å²) in [5.74, 6) is 0.755. The highest BCUT2D eigenvalue weighted by molar-refractivity contribution is 6.33. The molecule has 1 amide bonds. The van der Waals surface area contributed by atoms with Crippen molar-refractivity contribution in [3.8, 4) is 17.4 Å². The lowest BCUT2D eigenvalue weighted by atomic mass is 10.1. The Hall–Kier alpha value is -3.07. The third kappa shape index (κ3) is 7.21. The number of carbonyl (C=O) groups is 1. The topological polar surface area (TPSA) is 98.6 Å². The van der Waals surface area contributed by atoms with Crippen molar-refractivity contribution >= 4 is 29.0 Å². The van der Waals surface area contributed by atoms with E-state index < -0.39 is 11.6 Å². The van der Waals surface area contributed by atoms with Crippen LogP contribution in [0.2, 0.25) is 5.02 Å². The summed E-state index contributed by atoms with van der Waals surface area (Å²) in [7, 11) is 1.48. The molecule has 0 aliphatic carbocycles. The zero-order valence-electron chi connectivity index (χ0n) is 20.7. The van der Waals surface area contributed by atoms with Gasteiger partial charge in [-0.05, 0) is 51.3 Å². The fraction of sp³-hybridized carbons (Fsp3) is 0.480. The fourth-order valence-electron chi connectivity index (χ4n) is 3.44. The van der Waals surface area contributed by atoms with Gasteiger partial charge < -0.3 is 14.8 Å². The number of ether oxygens (including phenoxy) is 2. The van der Waals surface area contributed by atoms with E-state index in [1.165, 1.54) is 21.0 Å². The number of rotatable bonds is 9. The Morgan fingerprint density at radius 1 is 1.23 bits per heavy atom. The molecule has 1 aliphatic heterocycles. The first-order chi connectivity index (χ1) is 16.6. The number of allylic oxidation sites excluding steroid dienone is 1. The molecule has 0 radical (unpaired) electrons. The van der Waals surface area contributed by atoms with Crippen LogP contribution in [0.15, 0.2) is 29.4 Å². The van der Waals surface area contributed by atoms with Crippen LogP contribution in [0, 0.1) is 0 Å². The molecule has 0 spiro atoms. The second-order valence-corrected chi connectivity index (χ2v) is 9.24. The third-order valence-electron chi connectivity index (χ3n) is 5.35. The van der Waals surface area contributed by atoms with Crippen LogP contribution in [-0.2, 0) is 16.1 Å². The Morgan fingerprint density at radius 2 is 1.97 bits per heavy atom. The molecule has 2 aromatic rings. The van der Waals surface area contributed by atoms with E-state index in [0.717, 1.165) is 18.4 Å². The molecule has 1 atom stereocenters. The van der Waals surface area contributed by atoms with Gasteiger partial charge in [0.2, 0.25) is 0 Å². The van der Waals surface area contributed by atoms with Crippen LogP contribution in [0.25, 0.3) is 17.0 Å². The molecule has 0 bridgehead atoms. The Morgan fingerprint density at radius 3 is 2.60 bits per heavy atom. The number of benzene rings is 1. The number of halogens is 2. The molecule has 2 heterocycles. The highest BCUT2D eigenvalue weighted by atomic mass is 35.5. The summed E-state index contributed by atoms with van der Waals surface area (Å²) < 4.78 is 25.0. The number of hydrogen-bond donors (Lipinski definition) is 1. The van der Waals surface area contributed by atoms with Crippen molar-refractivity contribution in [2.45, 2.75) is 71.7 Å². The van der Waals surface area contributed by atoms with E-state index in [-0.39, 0.29) is 18.7 Å². The average molecular weight is 504 g/mol. The number of aliphatic imine (C=N–C) groups is 1. The molecule has 1 aromatic carbocycles. The average Bonchev–Trinajstić information content (AvgIpc) is 2.83. The summed E-state index contributed by atoms with van der Waals surface area (Å²) in [5.41, 5.74) is 0.109. The van der Waals surface area contributed by atoms with Crippen molar-refractivity contribution in [3.05, 3.63) is 40.8 Å². The van der Waals surface area contributed by atoms with Crippen molar-refractivity contribution < 1.29 is 18.7 Å². The van der Waals surface area contributed by atoms with Gasteiger partial charge in [0.05, 0.1) is 18.2 Å². The molecule has 1 aromatic heterocycles. The highest BCUT2D eigenvalue weighted by Crippen LogP contribution is 2.30. The van der Waals surface area contributed by atoms with Crippen molar-refractivity contribution in [1.82, 2.24) is 20.3 Å². The Bertz CT molecular complexity index is 1130. The van der Waals surface area contributed by atoms with Crippen molar-refractivity contribution in [2.75, 3.05) is 7.11 Å². The smallest absolute Gasteiger partial charge is 0.320 e. The number of nitrogens with one attached hydrogen (secondary N) is 1. The predicted molar refractivity (Wildman–Crippen MR) is 134 cm³/mol. The van der Waals surface area contributed by atoms with Crippen LogP contribution in [0.1, 0.15) is 64.8 Å². The van der Waals surface area contributed by atoms with Crippen LogP contribution in [0.3, 0.4) is 0 Å². The van der Waals surface area contributed by atoms with Gasteiger partial charge in [0.15, 0.2) is 23.2 Å². The van der Waals surface area contributed by atoms with Gasteiger partial charge in [-0.1, -0.05) is 31.0 Å². The fourth-order valence-corrected chi connectivity index (χ4v) is 3.64. The van der Waals surface area contributed by atoms with Gasteiger partial charge in [0.1, 0.15) is 0 Å². The third-order valence-corrected chi connectivity index (χ3v) is 5.68. The lowest BCUT2D eigenvalue weighted by Gasteiger charge is -2.18. The standard InChI is InChI=1S/C25H31ClFN5O3/c1-6-7-15(2)35-20-11-9-17(14-28-20)21-30-22(32-24(31-21)34-5)18-12-16(8-10-19(18)26)13-29-23(33)25(3,4)27/h8,10,12,14-15H,6-7,9,11,13H2,1-5H3,(H,29,33)/t15-/m1/s1. The number of hydrogen-bond acceptors (Lipinski definition) is 7. The number of aromatic nitrogens is 3. The van der Waals surface area contributed by atoms with Crippen molar-refractivity contribution in [3.63, 3.8) is 0 Å². The van der Waals surface area contributed by atoms with Crippen molar-refractivity contribution in [2.24, 2.45) is 4.99 Å².